The maximum absolute atomic E-state index is 12.6. The highest BCUT2D eigenvalue weighted by Gasteiger charge is 2.46. The summed E-state index contributed by atoms with van der Waals surface area (Å²) in [5, 5.41) is -1.24. The van der Waals surface area contributed by atoms with Crippen molar-refractivity contribution in [2.24, 2.45) is 0 Å². The zero-order valence-electron chi connectivity index (χ0n) is 15.4. The Morgan fingerprint density at radius 3 is 1.06 bits per heavy atom. The van der Waals surface area contributed by atoms with Crippen LogP contribution in [0.3, 0.4) is 0 Å². The van der Waals surface area contributed by atoms with E-state index in [0.717, 1.165) is 24.3 Å². The molecule has 8 nitrogen and oxygen atoms in total. The van der Waals surface area contributed by atoms with Crippen LogP contribution in [0.5, 0.6) is 0 Å². The Morgan fingerprint density at radius 1 is 0.588 bits per heavy atom. The molecule has 0 aliphatic rings. The molecule has 0 fully saturated rings. The van der Waals surface area contributed by atoms with Gasteiger partial charge in [0.1, 0.15) is 10.0 Å². The molecule has 0 saturated carbocycles. The number of carbonyl (C=O) groups excluding carboxylic acids is 2. The van der Waals surface area contributed by atoms with E-state index in [2.05, 4.69) is 0 Å². The molecule has 0 spiro atoms. The predicted molar refractivity (Wildman–Crippen MR) is 118 cm³/mol. The van der Waals surface area contributed by atoms with E-state index in [1.54, 1.807) is 0 Å². The summed E-state index contributed by atoms with van der Waals surface area (Å²) in [5.41, 5.74) is -1.09. The maximum atomic E-state index is 12.6. The molecule has 2 amide bonds. The summed E-state index contributed by atoms with van der Waals surface area (Å²) in [7, 11) is -6.82. The van der Waals surface area contributed by atoms with Crippen LogP contribution in [0.2, 0.25) is 30.1 Å². The van der Waals surface area contributed by atoms with E-state index in [1.807, 2.05) is 0 Å². The summed E-state index contributed by atoms with van der Waals surface area (Å²) in [6.07, 6.45) is 0. The Morgan fingerprint density at radius 2 is 0.824 bits per heavy atom. The zero-order valence-corrected chi connectivity index (χ0v) is 21.6. The number of benzene rings is 2. The lowest BCUT2D eigenvalue weighted by molar-refractivity contribution is -0.382. The van der Waals surface area contributed by atoms with E-state index >= 15 is 0 Å². The fourth-order valence-corrected chi connectivity index (χ4v) is 4.43. The minimum atomic E-state index is -3.67. The fourth-order valence-electron chi connectivity index (χ4n) is 2.02. The summed E-state index contributed by atoms with van der Waals surface area (Å²) in [5.74, 6) is -3.65. The molecule has 0 saturated heterocycles. The third-order valence-electron chi connectivity index (χ3n) is 3.27. The first kappa shape index (κ1) is 30.6. The molecule has 0 aromatic heterocycles. The molecule has 0 bridgehead atoms. The third kappa shape index (κ3) is 7.78. The minimum absolute atomic E-state index is 0.0642. The lowest BCUT2D eigenvalue weighted by atomic mass is 10.3. The van der Waals surface area contributed by atoms with Crippen molar-refractivity contribution in [1.29, 1.82) is 0 Å². The van der Waals surface area contributed by atoms with Crippen LogP contribution in [-0.4, -0.2) is 43.2 Å². The van der Waals surface area contributed by atoms with Gasteiger partial charge in [-0.3, -0.25) is 0 Å². The normalized spacial score (nSPS) is 10.3. The van der Waals surface area contributed by atoms with Crippen molar-refractivity contribution in [2.45, 2.75) is 6.68 Å². The van der Waals surface area contributed by atoms with Crippen molar-refractivity contribution in [3.63, 3.8) is 0 Å². The van der Waals surface area contributed by atoms with Gasteiger partial charge in [0, 0.05) is 20.0 Å². The van der Waals surface area contributed by atoms with Crippen LogP contribution in [0.15, 0.2) is 24.3 Å². The fraction of sp³-hybridized carbons (Fsp3) is 0.0667. The first-order valence-corrected chi connectivity index (χ1v) is 12.0. The standard InChI is InChI=1S/C14H4Cl6N2O6S2.CHF3/c15-5-1-9(19)11(3-7(5)17)21(29(25)26)13(23)14(24)22(30(27)28)12-4-8(18)6(16)2-10(12)20;2-1(3)4/h1-4H;1H/q+2;. The number of alkyl halides is 3. The van der Waals surface area contributed by atoms with Crippen LogP contribution in [0.1, 0.15) is 0 Å². The van der Waals surface area contributed by atoms with Gasteiger partial charge in [-0.25, -0.2) is 9.59 Å². The topological polar surface area (TPSA) is 108 Å². The number of hydrogen-bond acceptors (Lipinski definition) is 6. The van der Waals surface area contributed by atoms with E-state index in [9.17, 15) is 39.6 Å². The lowest BCUT2D eigenvalue weighted by Crippen LogP contribution is -2.32. The summed E-state index contributed by atoms with van der Waals surface area (Å²) >= 11 is 34.9. The second-order valence-electron chi connectivity index (χ2n) is 5.32. The minimum Gasteiger partial charge on any atom is -0.201 e. The predicted octanol–water partition coefficient (Wildman–Crippen LogP) is 5.95. The van der Waals surface area contributed by atoms with Crippen molar-refractivity contribution in [1.82, 2.24) is 0 Å². The molecular formula is C15H5Cl6F3N2O6S2+2. The summed E-state index contributed by atoms with van der Waals surface area (Å²) in [4.78, 5) is 25.3. The molecule has 184 valence electrons. The molecule has 34 heavy (non-hydrogen) atoms. The van der Waals surface area contributed by atoms with Gasteiger partial charge >= 0.3 is 39.5 Å². The number of nitrogens with zero attached hydrogens (tertiary/aromatic N) is 2. The highest BCUT2D eigenvalue weighted by atomic mass is 35.5. The molecule has 2 aromatic rings. The van der Waals surface area contributed by atoms with Gasteiger partial charge in [-0.15, -0.1) is 16.8 Å². The molecule has 0 atom stereocenters. The van der Waals surface area contributed by atoms with Crippen molar-refractivity contribution in [3.8, 4) is 0 Å². The Kier molecular flexibility index (Phi) is 11.7. The largest absolute Gasteiger partial charge is 0.554 e. The van der Waals surface area contributed by atoms with Gasteiger partial charge in [-0.1, -0.05) is 69.6 Å². The molecule has 0 heterocycles. The van der Waals surface area contributed by atoms with Crippen molar-refractivity contribution < 1.29 is 47.5 Å². The quantitative estimate of drug-likeness (QED) is 0.228. The van der Waals surface area contributed by atoms with Crippen LogP contribution in [0.25, 0.3) is 0 Å². The van der Waals surface area contributed by atoms with Gasteiger partial charge in [0.15, 0.2) is 0 Å². The number of hydrogen-bond donors (Lipinski definition) is 0. The molecule has 19 heteroatoms. The number of rotatable bonds is 2. The summed E-state index contributed by atoms with van der Waals surface area (Å²) < 4.78 is 75.5. The Hall–Kier alpha value is -1.45. The van der Waals surface area contributed by atoms with Crippen molar-refractivity contribution >= 4 is 114 Å². The van der Waals surface area contributed by atoms with Crippen LogP contribution >= 0.6 is 69.6 Å². The van der Waals surface area contributed by atoms with Crippen LogP contribution in [0.4, 0.5) is 24.5 Å². The van der Waals surface area contributed by atoms with Gasteiger partial charge in [0.25, 0.3) is 11.4 Å². The summed E-state index contributed by atoms with van der Waals surface area (Å²) in [6, 6.07) is 3.85. The number of halogens is 9. The van der Waals surface area contributed by atoms with Crippen LogP contribution < -0.4 is 0 Å². The van der Waals surface area contributed by atoms with E-state index in [4.69, 9.17) is 69.6 Å². The van der Waals surface area contributed by atoms with E-state index in [-0.39, 0.29) is 38.0 Å². The molecule has 0 N–H and O–H groups in total. The van der Waals surface area contributed by atoms with Gasteiger partial charge in [0.05, 0.1) is 20.1 Å². The second kappa shape index (κ2) is 13.0. The number of carbonyl (C=O) groups is 2. The lowest BCUT2D eigenvalue weighted by Gasteiger charge is -2.01. The molecule has 0 aliphatic carbocycles. The first-order valence-electron chi connectivity index (χ1n) is 7.68. The maximum Gasteiger partial charge on any atom is 0.554 e. The van der Waals surface area contributed by atoms with E-state index in [1.165, 1.54) is 0 Å². The SMILES string of the molecule is FC(F)F.O=C(C(=O)[N+](c1cc(Cl)c(Cl)cc1Cl)=S(=O)=O)[N+](c1cc(Cl)c(Cl)cc1Cl)=S(=O)=O. The molecular weight excluding hydrogens is 638 g/mol. The van der Waals surface area contributed by atoms with E-state index < -0.39 is 50.9 Å². The monoisotopic (exact) mass is 640 g/mol. The Bertz CT molecular complexity index is 1340. The van der Waals surface area contributed by atoms with Crippen LogP contribution in [0, 0.1) is 0 Å². The smallest absolute Gasteiger partial charge is 0.201 e. The zero-order chi connectivity index (χ0) is 26.5. The molecule has 2 rings (SSSR count). The van der Waals surface area contributed by atoms with E-state index in [0.29, 0.717) is 0 Å². The molecule has 2 aromatic carbocycles. The molecule has 0 aliphatic heterocycles. The van der Waals surface area contributed by atoms with Gasteiger partial charge < -0.3 is 0 Å². The molecule has 0 unspecified atom stereocenters. The Labute approximate surface area is 221 Å². The van der Waals surface area contributed by atoms with Gasteiger partial charge in [0.2, 0.25) is 0 Å². The van der Waals surface area contributed by atoms with Crippen LogP contribution in [-0.2, 0) is 30.6 Å². The summed E-state index contributed by atoms with van der Waals surface area (Å²) in [6.45, 7) is -3.67. The van der Waals surface area contributed by atoms with Gasteiger partial charge in [-0.05, 0) is 12.1 Å². The first-order chi connectivity index (χ1) is 15.6. The third-order valence-corrected chi connectivity index (χ3v) is 6.64. The average Bonchev–Trinajstić information content (AvgIpc) is 2.69. The van der Waals surface area contributed by atoms with Crippen molar-refractivity contribution in [3.05, 3.63) is 54.4 Å². The highest BCUT2D eigenvalue weighted by molar-refractivity contribution is 7.59. The molecule has 0 radical (unpaired) electrons. The van der Waals surface area contributed by atoms with Gasteiger partial charge in [-0.2, -0.15) is 13.2 Å². The average molecular weight is 643 g/mol. The number of amides is 2. The second-order valence-corrected chi connectivity index (χ2v) is 9.36. The highest BCUT2D eigenvalue weighted by Crippen LogP contribution is 2.36. The Balaban J connectivity index is 0.00000133. The van der Waals surface area contributed by atoms with Crippen molar-refractivity contribution in [2.75, 3.05) is 0 Å².